The van der Waals surface area contributed by atoms with Crippen LogP contribution < -0.4 is 10.6 Å². The van der Waals surface area contributed by atoms with E-state index >= 15 is 0 Å². The summed E-state index contributed by atoms with van der Waals surface area (Å²) in [5.41, 5.74) is 1.21. The Hall–Kier alpha value is -2.08. The molecule has 0 fully saturated rings. The number of ether oxygens (including phenoxy) is 4. The zero-order valence-corrected chi connectivity index (χ0v) is 25.7. The molecule has 8 nitrogen and oxygen atoms in total. The maximum Gasteiger partial charge on any atom is 0.252 e. The number of carbonyl (C=O) groups is 2. The number of hydrogen-bond acceptors (Lipinski definition) is 8. The van der Waals surface area contributed by atoms with Gasteiger partial charge in [-0.3, -0.25) is 9.59 Å². The van der Waals surface area contributed by atoms with E-state index < -0.39 is 0 Å². The molecule has 222 valence electrons. The third-order valence-corrected chi connectivity index (χ3v) is 8.18. The molecular weight excluding hydrogens is 548 g/mol. The second kappa shape index (κ2) is 20.7. The molecule has 0 aliphatic rings. The van der Waals surface area contributed by atoms with Crippen molar-refractivity contribution in [2.24, 2.45) is 0 Å². The minimum Gasteiger partial charge on any atom is -0.353 e. The van der Waals surface area contributed by atoms with Crippen LogP contribution in [0, 0.1) is 0 Å². The van der Waals surface area contributed by atoms with Gasteiger partial charge < -0.3 is 29.6 Å². The summed E-state index contributed by atoms with van der Waals surface area (Å²) in [7, 11) is 2.93. The lowest BCUT2D eigenvalue weighted by Crippen LogP contribution is -2.27. The number of carbonyl (C=O) groups excluding carboxylic acids is 2. The van der Waals surface area contributed by atoms with Gasteiger partial charge in [0.2, 0.25) is 0 Å². The first-order chi connectivity index (χ1) is 19.5. The Morgan fingerprint density at radius 1 is 0.625 bits per heavy atom. The minimum absolute atomic E-state index is 0.128. The van der Waals surface area contributed by atoms with Gasteiger partial charge >= 0.3 is 0 Å². The van der Waals surface area contributed by atoms with Crippen LogP contribution in [0.15, 0.2) is 58.3 Å². The molecule has 0 aromatic heterocycles. The Morgan fingerprint density at radius 2 is 0.975 bits per heavy atom. The van der Waals surface area contributed by atoms with Crippen molar-refractivity contribution in [3.8, 4) is 0 Å². The zero-order chi connectivity index (χ0) is 29.0. The van der Waals surface area contributed by atoms with Gasteiger partial charge in [-0.05, 0) is 64.8 Å². The third-order valence-electron chi connectivity index (χ3n) is 5.70. The summed E-state index contributed by atoms with van der Waals surface area (Å²) in [6.07, 6.45) is 2.44. The molecule has 0 atom stereocenters. The molecule has 40 heavy (non-hydrogen) atoms. The summed E-state index contributed by atoms with van der Waals surface area (Å²) in [5, 5.41) is 6.01. The first-order valence-electron chi connectivity index (χ1n) is 14.1. The molecule has 10 heteroatoms. The van der Waals surface area contributed by atoms with Gasteiger partial charge in [0.05, 0.1) is 11.1 Å². The summed E-state index contributed by atoms with van der Waals surface area (Å²) in [4.78, 5) is 27.6. The van der Waals surface area contributed by atoms with Crippen molar-refractivity contribution in [1.82, 2.24) is 10.6 Å². The Labute approximate surface area is 247 Å². The predicted molar refractivity (Wildman–Crippen MR) is 162 cm³/mol. The van der Waals surface area contributed by atoms with Gasteiger partial charge in [-0.2, -0.15) is 0 Å². The minimum atomic E-state index is -0.245. The van der Waals surface area contributed by atoms with Crippen LogP contribution in [-0.2, 0) is 18.9 Å². The molecule has 2 aromatic carbocycles. The van der Waals surface area contributed by atoms with E-state index in [2.05, 4.69) is 10.6 Å². The number of hydrogen-bond donors (Lipinski definition) is 2. The molecule has 2 amide bonds. The summed E-state index contributed by atoms with van der Waals surface area (Å²) in [6, 6.07) is 15.0. The van der Waals surface area contributed by atoms with Crippen molar-refractivity contribution in [2.75, 3.05) is 39.5 Å². The monoisotopic (exact) mass is 592 g/mol. The summed E-state index contributed by atoms with van der Waals surface area (Å²) < 4.78 is 22.3. The number of nitrogens with one attached hydrogen (secondary N) is 2. The van der Waals surface area contributed by atoms with Crippen molar-refractivity contribution in [3.63, 3.8) is 0 Å². The highest BCUT2D eigenvalue weighted by Gasteiger charge is 2.16. The van der Waals surface area contributed by atoms with Crippen molar-refractivity contribution < 1.29 is 28.5 Å². The fourth-order valence-electron chi connectivity index (χ4n) is 3.85. The lowest BCUT2D eigenvalue weighted by molar-refractivity contribution is -0.140. The van der Waals surface area contributed by atoms with E-state index in [0.29, 0.717) is 63.5 Å². The normalized spacial score (nSPS) is 11.2. The van der Waals surface area contributed by atoms with Crippen LogP contribution in [0.5, 0.6) is 0 Å². The average molecular weight is 593 g/mol. The second-order valence-corrected chi connectivity index (χ2v) is 10.8. The molecule has 0 saturated heterocycles. The number of amides is 2. The van der Waals surface area contributed by atoms with Gasteiger partial charge in [0, 0.05) is 62.1 Å². The fourth-order valence-corrected chi connectivity index (χ4v) is 6.21. The zero-order valence-electron chi connectivity index (χ0n) is 24.1. The van der Waals surface area contributed by atoms with E-state index in [1.165, 1.54) is 21.6 Å². The van der Waals surface area contributed by atoms with Gasteiger partial charge in [-0.25, -0.2) is 0 Å². The maximum atomic E-state index is 12.9. The lowest BCUT2D eigenvalue weighted by atomic mass is 10.2. The van der Waals surface area contributed by atoms with Crippen LogP contribution in [0.1, 0.15) is 74.1 Å². The van der Waals surface area contributed by atoms with Crippen LogP contribution in [0.2, 0.25) is 0 Å². The van der Waals surface area contributed by atoms with Gasteiger partial charge in [0.25, 0.3) is 11.8 Å². The second-order valence-electron chi connectivity index (χ2n) is 8.64. The van der Waals surface area contributed by atoms with E-state index in [9.17, 15) is 9.59 Å². The molecule has 0 aliphatic carbocycles. The number of benzene rings is 2. The molecule has 2 N–H and O–H groups in total. The van der Waals surface area contributed by atoms with Crippen LogP contribution >= 0.6 is 21.6 Å². The topological polar surface area (TPSA) is 95.1 Å². The van der Waals surface area contributed by atoms with Gasteiger partial charge in [-0.1, -0.05) is 45.9 Å². The highest BCUT2D eigenvalue weighted by Crippen LogP contribution is 2.40. The Bertz CT molecular complexity index is 918. The lowest BCUT2D eigenvalue weighted by Gasteiger charge is -2.17. The quantitative estimate of drug-likeness (QED) is 0.0990. The van der Waals surface area contributed by atoms with Gasteiger partial charge in [0.1, 0.15) is 0 Å². The van der Waals surface area contributed by atoms with E-state index in [0.717, 1.165) is 22.6 Å². The van der Waals surface area contributed by atoms with Crippen molar-refractivity contribution in [2.45, 2.75) is 75.7 Å². The molecule has 2 aromatic rings. The van der Waals surface area contributed by atoms with Crippen molar-refractivity contribution in [1.29, 1.82) is 0 Å². The van der Waals surface area contributed by atoms with Gasteiger partial charge in [0.15, 0.2) is 12.6 Å². The van der Waals surface area contributed by atoms with E-state index in [-0.39, 0.29) is 24.4 Å². The first-order valence-corrected chi connectivity index (χ1v) is 16.2. The largest absolute Gasteiger partial charge is 0.353 e. The van der Waals surface area contributed by atoms with Gasteiger partial charge in [-0.15, -0.1) is 0 Å². The molecule has 2 rings (SSSR count). The molecule has 0 unspecified atom stereocenters. The molecule has 0 radical (unpaired) electrons. The van der Waals surface area contributed by atoms with E-state index in [4.69, 9.17) is 18.9 Å². The van der Waals surface area contributed by atoms with Crippen LogP contribution in [0.4, 0.5) is 0 Å². The molecule has 0 bridgehead atoms. The smallest absolute Gasteiger partial charge is 0.252 e. The Kier molecular flexibility index (Phi) is 17.7. The molecule has 0 saturated carbocycles. The molecule has 0 heterocycles. The van der Waals surface area contributed by atoms with E-state index in [1.54, 1.807) is 0 Å². The molecule has 0 spiro atoms. The van der Waals surface area contributed by atoms with Crippen molar-refractivity contribution >= 4 is 33.4 Å². The highest BCUT2D eigenvalue weighted by atomic mass is 33.1. The van der Waals surface area contributed by atoms with Crippen LogP contribution in [0.25, 0.3) is 0 Å². The average Bonchev–Trinajstić information content (AvgIpc) is 2.97. The SMILES string of the molecule is CCOC(CCCNC(=O)c1ccccc1SSc1ccccc1C(=O)NCCCC(OCC)OCC)OCC. The standard InChI is InChI=1S/C30H44N2O6S2/c1-5-35-27(36-6-2)19-13-21-31-29(33)23-15-9-11-17-25(23)39-40-26-18-12-10-16-24(26)30(34)32-22-14-20-28(37-7-3)38-8-4/h9-12,15-18,27-28H,5-8,13-14,19-22H2,1-4H3,(H,31,33)(H,32,34). The summed E-state index contributed by atoms with van der Waals surface area (Å²) in [6.45, 7) is 11.2. The summed E-state index contributed by atoms with van der Waals surface area (Å²) >= 11 is 0. The predicted octanol–water partition coefficient (Wildman–Crippen LogP) is 6.30. The Morgan fingerprint density at radius 3 is 1.32 bits per heavy atom. The molecular formula is C30H44N2O6S2. The fraction of sp³-hybridized carbons (Fsp3) is 0.533. The van der Waals surface area contributed by atoms with Crippen LogP contribution in [0.3, 0.4) is 0 Å². The Balaban J connectivity index is 1.90. The van der Waals surface area contributed by atoms with E-state index in [1.807, 2.05) is 76.2 Å². The summed E-state index contributed by atoms with van der Waals surface area (Å²) in [5.74, 6) is -0.256. The molecule has 0 aliphatic heterocycles. The maximum absolute atomic E-state index is 12.9. The first kappa shape index (κ1) is 34.1. The third kappa shape index (κ3) is 12.6. The highest BCUT2D eigenvalue weighted by molar-refractivity contribution is 8.76. The van der Waals surface area contributed by atoms with Crippen molar-refractivity contribution in [3.05, 3.63) is 59.7 Å². The van der Waals surface area contributed by atoms with Crippen LogP contribution in [-0.4, -0.2) is 63.9 Å². The number of rotatable bonds is 21.